The first-order chi connectivity index (χ1) is 9.09. The predicted octanol–water partition coefficient (Wildman–Crippen LogP) is 1.79. The minimum absolute atomic E-state index is 0.0454. The molecule has 7 heteroatoms. The van der Waals surface area contributed by atoms with E-state index in [1.165, 1.54) is 42.7 Å². The molecule has 0 saturated carbocycles. The third-order valence-electron chi connectivity index (χ3n) is 2.36. The molecule has 0 aliphatic heterocycles. The van der Waals surface area contributed by atoms with Gasteiger partial charge in [-0.2, -0.15) is 0 Å². The third kappa shape index (κ3) is 2.65. The van der Waals surface area contributed by atoms with Crippen molar-refractivity contribution < 1.29 is 14.5 Å². The second-order valence-corrected chi connectivity index (χ2v) is 3.57. The van der Waals surface area contributed by atoms with Crippen LogP contribution in [0.4, 0.5) is 11.4 Å². The number of rotatable bonds is 3. The van der Waals surface area contributed by atoms with Crippen LogP contribution in [0.15, 0.2) is 42.7 Å². The first kappa shape index (κ1) is 12.5. The number of aromatic nitrogens is 1. The highest BCUT2D eigenvalue weighted by molar-refractivity contribution is 5.91. The molecule has 0 bridgehead atoms. The second kappa shape index (κ2) is 5.13. The van der Waals surface area contributed by atoms with Gasteiger partial charge in [0.2, 0.25) is 0 Å². The van der Waals surface area contributed by atoms with Gasteiger partial charge in [-0.1, -0.05) is 6.07 Å². The van der Waals surface area contributed by atoms with E-state index < -0.39 is 10.9 Å². The van der Waals surface area contributed by atoms with Crippen LogP contribution in [-0.2, 0) is 0 Å². The number of nitrogen functional groups attached to an aromatic ring is 1. The van der Waals surface area contributed by atoms with Gasteiger partial charge in [-0.3, -0.25) is 15.1 Å². The molecule has 0 spiro atoms. The van der Waals surface area contributed by atoms with Gasteiger partial charge in [0.25, 0.3) is 5.69 Å². The molecule has 0 atom stereocenters. The van der Waals surface area contributed by atoms with E-state index in [4.69, 9.17) is 10.5 Å². The Kier molecular flexibility index (Phi) is 3.37. The van der Waals surface area contributed by atoms with E-state index in [9.17, 15) is 14.9 Å². The molecule has 2 N–H and O–H groups in total. The van der Waals surface area contributed by atoms with Gasteiger partial charge in [0, 0.05) is 18.5 Å². The van der Waals surface area contributed by atoms with E-state index in [0.717, 1.165) is 0 Å². The lowest BCUT2D eigenvalue weighted by molar-refractivity contribution is -0.383. The molecule has 0 aliphatic carbocycles. The highest BCUT2D eigenvalue weighted by Crippen LogP contribution is 2.31. The number of nitrogens with zero attached hydrogens (tertiary/aromatic N) is 2. The van der Waals surface area contributed by atoms with Crippen LogP contribution in [0, 0.1) is 10.1 Å². The summed E-state index contributed by atoms with van der Waals surface area (Å²) in [7, 11) is 0. The summed E-state index contributed by atoms with van der Waals surface area (Å²) in [6, 6.07) is 6.95. The summed E-state index contributed by atoms with van der Waals surface area (Å²) < 4.78 is 5.03. The maximum Gasteiger partial charge on any atom is 0.343 e. The van der Waals surface area contributed by atoms with Crippen LogP contribution in [0.2, 0.25) is 0 Å². The summed E-state index contributed by atoms with van der Waals surface area (Å²) in [5.41, 5.74) is 5.37. The van der Waals surface area contributed by atoms with Crippen molar-refractivity contribution in [3.63, 3.8) is 0 Å². The number of anilines is 1. The summed E-state index contributed by atoms with van der Waals surface area (Å²) in [6.07, 6.45) is 2.88. The first-order valence-corrected chi connectivity index (χ1v) is 5.24. The van der Waals surface area contributed by atoms with Crippen LogP contribution in [0.3, 0.4) is 0 Å². The zero-order valence-electron chi connectivity index (χ0n) is 9.65. The average molecular weight is 259 g/mol. The Morgan fingerprint density at radius 2 is 1.95 bits per heavy atom. The van der Waals surface area contributed by atoms with Crippen molar-refractivity contribution in [2.75, 3.05) is 5.73 Å². The monoisotopic (exact) mass is 259 g/mol. The molecule has 19 heavy (non-hydrogen) atoms. The highest BCUT2D eigenvalue weighted by Gasteiger charge is 2.18. The van der Waals surface area contributed by atoms with Gasteiger partial charge in [-0.25, -0.2) is 4.79 Å². The molecule has 0 saturated heterocycles. The van der Waals surface area contributed by atoms with Crippen LogP contribution >= 0.6 is 0 Å². The van der Waals surface area contributed by atoms with Gasteiger partial charge in [-0.05, 0) is 18.2 Å². The largest absolute Gasteiger partial charge is 0.420 e. The number of carbonyl (C=O) groups excluding carboxylic acids is 1. The van der Waals surface area contributed by atoms with E-state index >= 15 is 0 Å². The zero-order chi connectivity index (χ0) is 13.8. The van der Waals surface area contributed by atoms with Crippen molar-refractivity contribution in [2.24, 2.45) is 0 Å². The summed E-state index contributed by atoms with van der Waals surface area (Å²) >= 11 is 0. The molecular weight excluding hydrogens is 250 g/mol. The normalized spacial score (nSPS) is 9.89. The molecule has 0 amide bonds. The van der Waals surface area contributed by atoms with Crippen LogP contribution < -0.4 is 10.5 Å². The molecule has 0 unspecified atom stereocenters. The minimum Gasteiger partial charge on any atom is -0.420 e. The van der Waals surface area contributed by atoms with Gasteiger partial charge in [0.15, 0.2) is 11.4 Å². The van der Waals surface area contributed by atoms with Crippen LogP contribution in [0.1, 0.15) is 10.4 Å². The van der Waals surface area contributed by atoms with Crippen molar-refractivity contribution >= 4 is 17.3 Å². The van der Waals surface area contributed by atoms with Crippen molar-refractivity contribution in [3.8, 4) is 5.75 Å². The topological polar surface area (TPSA) is 108 Å². The summed E-state index contributed by atoms with van der Waals surface area (Å²) in [5.74, 6) is -0.703. The number of benzene rings is 1. The molecule has 1 heterocycles. The van der Waals surface area contributed by atoms with E-state index in [0.29, 0.717) is 0 Å². The number of pyridine rings is 1. The Morgan fingerprint density at radius 3 is 2.58 bits per heavy atom. The second-order valence-electron chi connectivity index (χ2n) is 3.57. The van der Waals surface area contributed by atoms with Gasteiger partial charge < -0.3 is 10.5 Å². The standard InChI is InChI=1S/C12H9N3O4/c13-11-9(15(17)18)2-1-3-10(11)19-12(16)8-4-6-14-7-5-8/h1-7H,13H2. The Balaban J connectivity index is 2.27. The lowest BCUT2D eigenvalue weighted by Gasteiger charge is -2.06. The molecule has 1 aromatic carbocycles. The Morgan fingerprint density at radius 1 is 1.26 bits per heavy atom. The number of ether oxygens (including phenoxy) is 1. The van der Waals surface area contributed by atoms with Gasteiger partial charge in [-0.15, -0.1) is 0 Å². The first-order valence-electron chi connectivity index (χ1n) is 5.24. The van der Waals surface area contributed by atoms with Crippen LogP contribution in [0.5, 0.6) is 5.75 Å². The quantitative estimate of drug-likeness (QED) is 0.296. The third-order valence-corrected chi connectivity index (χ3v) is 2.36. The predicted molar refractivity (Wildman–Crippen MR) is 66.7 cm³/mol. The minimum atomic E-state index is -0.658. The zero-order valence-corrected chi connectivity index (χ0v) is 9.65. The summed E-state index contributed by atoms with van der Waals surface area (Å²) in [5, 5.41) is 10.7. The summed E-state index contributed by atoms with van der Waals surface area (Å²) in [6.45, 7) is 0. The number of para-hydroxylation sites is 1. The fraction of sp³-hybridized carbons (Fsp3) is 0. The van der Waals surface area contributed by atoms with Crippen molar-refractivity contribution in [2.45, 2.75) is 0 Å². The molecular formula is C12H9N3O4. The van der Waals surface area contributed by atoms with Gasteiger partial charge in [0.05, 0.1) is 10.5 Å². The van der Waals surface area contributed by atoms with Crippen LogP contribution in [0.25, 0.3) is 0 Å². The maximum atomic E-state index is 11.8. The smallest absolute Gasteiger partial charge is 0.343 e. The van der Waals surface area contributed by atoms with Crippen molar-refractivity contribution in [3.05, 3.63) is 58.4 Å². The van der Waals surface area contributed by atoms with Gasteiger partial charge in [0.1, 0.15) is 0 Å². The Labute approximate surface area is 107 Å². The van der Waals surface area contributed by atoms with E-state index in [1.54, 1.807) is 0 Å². The molecule has 0 fully saturated rings. The van der Waals surface area contributed by atoms with Crippen LogP contribution in [-0.4, -0.2) is 15.9 Å². The SMILES string of the molecule is Nc1c(OC(=O)c2ccncc2)cccc1[N+](=O)[O-]. The molecule has 96 valence electrons. The Bertz CT molecular complexity index is 628. The lowest BCUT2D eigenvalue weighted by Crippen LogP contribution is -2.10. The number of hydrogen-bond acceptors (Lipinski definition) is 6. The lowest BCUT2D eigenvalue weighted by atomic mass is 10.2. The average Bonchev–Trinajstić information content (AvgIpc) is 2.41. The molecule has 2 aromatic rings. The van der Waals surface area contributed by atoms with E-state index in [2.05, 4.69) is 4.98 Å². The number of nitro groups is 1. The molecule has 0 aliphatic rings. The van der Waals surface area contributed by atoms with Gasteiger partial charge >= 0.3 is 5.97 Å². The number of esters is 1. The maximum absolute atomic E-state index is 11.8. The fourth-order valence-corrected chi connectivity index (χ4v) is 1.43. The van der Waals surface area contributed by atoms with E-state index in [-0.39, 0.29) is 22.7 Å². The summed E-state index contributed by atoms with van der Waals surface area (Å²) in [4.78, 5) is 25.6. The molecule has 2 rings (SSSR count). The number of nitrogens with two attached hydrogens (primary N) is 1. The number of hydrogen-bond donors (Lipinski definition) is 1. The van der Waals surface area contributed by atoms with E-state index in [1.807, 2.05) is 0 Å². The highest BCUT2D eigenvalue weighted by atomic mass is 16.6. The fourth-order valence-electron chi connectivity index (χ4n) is 1.43. The molecule has 7 nitrogen and oxygen atoms in total. The van der Waals surface area contributed by atoms with Crippen molar-refractivity contribution in [1.82, 2.24) is 4.98 Å². The Hall–Kier alpha value is -2.96. The number of carbonyl (C=O) groups is 1. The number of nitro benzene ring substituents is 1. The van der Waals surface area contributed by atoms with Crippen molar-refractivity contribution in [1.29, 1.82) is 0 Å². The molecule has 1 aromatic heterocycles. The molecule has 0 radical (unpaired) electrons.